The van der Waals surface area contributed by atoms with E-state index in [1.807, 2.05) is 0 Å². The third-order valence-electron chi connectivity index (χ3n) is 3.40. The molecular weight excluding hydrogens is 205 g/mol. The molecule has 88 valence electrons. The first-order valence-corrected chi connectivity index (χ1v) is 5.72. The second-order valence-corrected chi connectivity index (χ2v) is 4.39. The van der Waals surface area contributed by atoms with E-state index in [9.17, 15) is 4.39 Å². The van der Waals surface area contributed by atoms with Gasteiger partial charge in [-0.3, -0.25) is 9.88 Å². The standard InChI is InChI=1S/C12H18FN3/c1-9(12-4-3-10(13)7-15-12)16(2)11-5-6-14-8-11/h3-4,7,9,11,14H,5-6,8H2,1-2H3. The molecule has 16 heavy (non-hydrogen) atoms. The molecule has 0 spiro atoms. The van der Waals surface area contributed by atoms with E-state index in [1.54, 1.807) is 6.07 Å². The number of hydrogen-bond donors (Lipinski definition) is 1. The lowest BCUT2D eigenvalue weighted by molar-refractivity contribution is 0.193. The van der Waals surface area contributed by atoms with Crippen LogP contribution in [-0.2, 0) is 0 Å². The molecule has 2 atom stereocenters. The maximum absolute atomic E-state index is 12.8. The summed E-state index contributed by atoms with van der Waals surface area (Å²) < 4.78 is 12.8. The van der Waals surface area contributed by atoms with Crippen LogP contribution in [0.5, 0.6) is 0 Å². The molecule has 0 aromatic carbocycles. The lowest BCUT2D eigenvalue weighted by Crippen LogP contribution is -2.35. The molecule has 2 unspecified atom stereocenters. The topological polar surface area (TPSA) is 28.2 Å². The fourth-order valence-electron chi connectivity index (χ4n) is 2.15. The van der Waals surface area contributed by atoms with Gasteiger partial charge in [0.1, 0.15) is 5.82 Å². The van der Waals surface area contributed by atoms with Crippen LogP contribution in [0.2, 0.25) is 0 Å². The van der Waals surface area contributed by atoms with E-state index in [0.29, 0.717) is 6.04 Å². The maximum atomic E-state index is 12.8. The maximum Gasteiger partial charge on any atom is 0.141 e. The zero-order valence-electron chi connectivity index (χ0n) is 9.78. The van der Waals surface area contributed by atoms with Crippen LogP contribution in [-0.4, -0.2) is 36.1 Å². The Balaban J connectivity index is 2.05. The number of aromatic nitrogens is 1. The second kappa shape index (κ2) is 4.89. The Bertz CT molecular complexity index is 333. The van der Waals surface area contributed by atoms with Crippen LogP contribution in [0.15, 0.2) is 18.3 Å². The van der Waals surface area contributed by atoms with Crippen molar-refractivity contribution >= 4 is 0 Å². The van der Waals surface area contributed by atoms with Crippen molar-refractivity contribution in [3.05, 3.63) is 29.8 Å². The van der Waals surface area contributed by atoms with Gasteiger partial charge in [0, 0.05) is 18.6 Å². The Kier molecular flexibility index (Phi) is 3.51. The first kappa shape index (κ1) is 11.5. The first-order chi connectivity index (χ1) is 7.68. The quantitative estimate of drug-likeness (QED) is 0.843. The SMILES string of the molecule is CC(c1ccc(F)cn1)N(C)C1CCNC1. The molecule has 3 nitrogen and oxygen atoms in total. The highest BCUT2D eigenvalue weighted by atomic mass is 19.1. The van der Waals surface area contributed by atoms with Crippen LogP contribution in [0, 0.1) is 5.82 Å². The predicted octanol–water partition coefficient (Wildman–Crippen LogP) is 1.58. The summed E-state index contributed by atoms with van der Waals surface area (Å²) in [5, 5.41) is 3.35. The lowest BCUT2D eigenvalue weighted by Gasteiger charge is -2.29. The van der Waals surface area contributed by atoms with Gasteiger partial charge < -0.3 is 5.32 Å². The Morgan fingerprint density at radius 2 is 2.38 bits per heavy atom. The summed E-state index contributed by atoms with van der Waals surface area (Å²) in [7, 11) is 2.10. The van der Waals surface area contributed by atoms with Gasteiger partial charge in [-0.25, -0.2) is 4.39 Å². The number of nitrogens with zero attached hydrogens (tertiary/aromatic N) is 2. The number of likely N-dealkylation sites (N-methyl/N-ethyl adjacent to an activating group) is 1. The average molecular weight is 223 g/mol. The monoisotopic (exact) mass is 223 g/mol. The van der Waals surface area contributed by atoms with E-state index in [1.165, 1.54) is 18.7 Å². The first-order valence-electron chi connectivity index (χ1n) is 5.72. The van der Waals surface area contributed by atoms with Crippen molar-refractivity contribution in [3.8, 4) is 0 Å². The minimum atomic E-state index is -0.277. The van der Waals surface area contributed by atoms with Crippen molar-refractivity contribution in [2.24, 2.45) is 0 Å². The molecule has 1 aliphatic heterocycles. The Hall–Kier alpha value is -1.00. The number of pyridine rings is 1. The molecule has 1 aromatic rings. The van der Waals surface area contributed by atoms with E-state index in [4.69, 9.17) is 0 Å². The zero-order chi connectivity index (χ0) is 11.5. The molecule has 0 bridgehead atoms. The predicted molar refractivity (Wildman–Crippen MR) is 61.6 cm³/mol. The van der Waals surface area contributed by atoms with Crippen molar-refractivity contribution < 1.29 is 4.39 Å². The fourth-order valence-corrected chi connectivity index (χ4v) is 2.15. The Morgan fingerprint density at radius 1 is 1.56 bits per heavy atom. The summed E-state index contributed by atoms with van der Waals surface area (Å²) in [6, 6.07) is 4.02. The van der Waals surface area contributed by atoms with E-state index < -0.39 is 0 Å². The second-order valence-electron chi connectivity index (χ2n) is 4.39. The molecule has 1 saturated heterocycles. The third-order valence-corrected chi connectivity index (χ3v) is 3.40. The van der Waals surface area contributed by atoms with Crippen LogP contribution in [0.3, 0.4) is 0 Å². The van der Waals surface area contributed by atoms with Crippen LogP contribution >= 0.6 is 0 Å². The molecule has 1 fully saturated rings. The molecule has 1 N–H and O–H groups in total. The van der Waals surface area contributed by atoms with Gasteiger partial charge in [0.2, 0.25) is 0 Å². The third kappa shape index (κ3) is 2.39. The van der Waals surface area contributed by atoms with Crippen LogP contribution < -0.4 is 5.32 Å². The summed E-state index contributed by atoms with van der Waals surface area (Å²) >= 11 is 0. The van der Waals surface area contributed by atoms with Gasteiger partial charge in [-0.1, -0.05) is 0 Å². The van der Waals surface area contributed by atoms with Gasteiger partial charge in [0.25, 0.3) is 0 Å². The number of halogens is 1. The van der Waals surface area contributed by atoms with E-state index >= 15 is 0 Å². The molecule has 0 amide bonds. The van der Waals surface area contributed by atoms with Gasteiger partial charge in [0.05, 0.1) is 11.9 Å². The van der Waals surface area contributed by atoms with Crippen molar-refractivity contribution in [1.29, 1.82) is 0 Å². The normalized spacial score (nSPS) is 22.6. The Morgan fingerprint density at radius 3 is 2.94 bits per heavy atom. The highest BCUT2D eigenvalue weighted by molar-refractivity contribution is 5.09. The smallest absolute Gasteiger partial charge is 0.141 e. The fraction of sp³-hybridized carbons (Fsp3) is 0.583. The molecule has 1 aromatic heterocycles. The van der Waals surface area contributed by atoms with Crippen LogP contribution in [0.1, 0.15) is 25.1 Å². The molecular formula is C12H18FN3. The summed E-state index contributed by atoms with van der Waals surface area (Å²) in [4.78, 5) is 6.44. The van der Waals surface area contributed by atoms with Crippen LogP contribution in [0.4, 0.5) is 4.39 Å². The van der Waals surface area contributed by atoms with E-state index in [-0.39, 0.29) is 11.9 Å². The molecule has 2 rings (SSSR count). The summed E-state index contributed by atoms with van der Waals surface area (Å²) in [6.07, 6.45) is 2.45. The van der Waals surface area contributed by atoms with Crippen molar-refractivity contribution in [2.75, 3.05) is 20.1 Å². The minimum Gasteiger partial charge on any atom is -0.315 e. The molecule has 1 aliphatic rings. The van der Waals surface area contributed by atoms with Gasteiger partial charge in [-0.15, -0.1) is 0 Å². The van der Waals surface area contributed by atoms with E-state index in [2.05, 4.69) is 29.2 Å². The Labute approximate surface area is 95.7 Å². The highest BCUT2D eigenvalue weighted by Crippen LogP contribution is 2.21. The van der Waals surface area contributed by atoms with Crippen molar-refractivity contribution in [1.82, 2.24) is 15.2 Å². The van der Waals surface area contributed by atoms with Crippen molar-refractivity contribution in [2.45, 2.75) is 25.4 Å². The van der Waals surface area contributed by atoms with Gasteiger partial charge >= 0.3 is 0 Å². The largest absolute Gasteiger partial charge is 0.315 e. The summed E-state index contributed by atoms with van der Waals surface area (Å²) in [5.74, 6) is -0.277. The molecule has 2 heterocycles. The minimum absolute atomic E-state index is 0.227. The number of rotatable bonds is 3. The summed E-state index contributed by atoms with van der Waals surface area (Å²) in [5.41, 5.74) is 0.927. The summed E-state index contributed by atoms with van der Waals surface area (Å²) in [6.45, 7) is 4.22. The zero-order valence-corrected chi connectivity index (χ0v) is 9.78. The van der Waals surface area contributed by atoms with E-state index in [0.717, 1.165) is 18.8 Å². The van der Waals surface area contributed by atoms with Gasteiger partial charge in [0.15, 0.2) is 0 Å². The molecule has 0 saturated carbocycles. The highest BCUT2D eigenvalue weighted by Gasteiger charge is 2.24. The molecule has 0 aliphatic carbocycles. The van der Waals surface area contributed by atoms with Gasteiger partial charge in [-0.05, 0) is 39.1 Å². The number of hydrogen-bond acceptors (Lipinski definition) is 3. The van der Waals surface area contributed by atoms with Gasteiger partial charge in [-0.2, -0.15) is 0 Å². The van der Waals surface area contributed by atoms with Crippen molar-refractivity contribution in [3.63, 3.8) is 0 Å². The lowest BCUT2D eigenvalue weighted by atomic mass is 10.1. The van der Waals surface area contributed by atoms with Crippen LogP contribution in [0.25, 0.3) is 0 Å². The molecule has 0 radical (unpaired) electrons. The number of nitrogens with one attached hydrogen (secondary N) is 1. The average Bonchev–Trinajstić information content (AvgIpc) is 2.81. The molecule has 4 heteroatoms.